The van der Waals surface area contributed by atoms with Gasteiger partial charge in [0, 0.05) is 24.3 Å². The highest BCUT2D eigenvalue weighted by molar-refractivity contribution is 6.02. The molecule has 0 unspecified atom stereocenters. The van der Waals surface area contributed by atoms with Crippen molar-refractivity contribution in [2.24, 2.45) is 0 Å². The minimum atomic E-state index is -0.594. The number of amides is 2. The highest BCUT2D eigenvalue weighted by Gasteiger charge is 2.36. The van der Waals surface area contributed by atoms with Gasteiger partial charge in [0.15, 0.2) is 0 Å². The van der Waals surface area contributed by atoms with Crippen molar-refractivity contribution in [3.63, 3.8) is 0 Å². The fraction of sp³-hybridized carbons (Fsp3) is 0.444. The van der Waals surface area contributed by atoms with E-state index in [4.69, 9.17) is 4.74 Å². The number of ether oxygens (including phenoxy) is 1. The molecular formula is C18H22N4O3. The summed E-state index contributed by atoms with van der Waals surface area (Å²) in [6.45, 7) is 5.94. The van der Waals surface area contributed by atoms with Crippen LogP contribution in [0.3, 0.4) is 0 Å². The number of anilines is 1. The number of hydrogen-bond acceptors (Lipinski definition) is 5. The Balaban J connectivity index is 1.77. The molecule has 1 aliphatic heterocycles. The Labute approximate surface area is 146 Å². The van der Waals surface area contributed by atoms with E-state index in [1.807, 2.05) is 26.8 Å². The molecule has 1 atom stereocenters. The Morgan fingerprint density at radius 2 is 2.04 bits per heavy atom. The molecule has 1 aliphatic rings. The van der Waals surface area contributed by atoms with Crippen molar-refractivity contribution in [2.45, 2.75) is 45.3 Å². The van der Waals surface area contributed by atoms with E-state index in [2.05, 4.69) is 15.3 Å². The summed E-state index contributed by atoms with van der Waals surface area (Å²) in [5, 5.41) is 3.60. The maximum atomic E-state index is 12.7. The first-order chi connectivity index (χ1) is 11.8. The second kappa shape index (κ2) is 6.66. The van der Waals surface area contributed by atoms with Gasteiger partial charge in [0.25, 0.3) is 0 Å². The van der Waals surface area contributed by atoms with Crippen molar-refractivity contribution in [2.75, 3.05) is 11.9 Å². The van der Waals surface area contributed by atoms with Crippen LogP contribution in [0.25, 0.3) is 10.9 Å². The van der Waals surface area contributed by atoms with Crippen molar-refractivity contribution in [1.29, 1.82) is 0 Å². The van der Waals surface area contributed by atoms with Crippen molar-refractivity contribution in [3.8, 4) is 0 Å². The smallest absolute Gasteiger partial charge is 0.410 e. The Morgan fingerprint density at radius 1 is 1.24 bits per heavy atom. The molecule has 0 aromatic carbocycles. The highest BCUT2D eigenvalue weighted by atomic mass is 16.6. The van der Waals surface area contributed by atoms with Crippen LogP contribution >= 0.6 is 0 Å². The van der Waals surface area contributed by atoms with Crippen molar-refractivity contribution >= 4 is 28.7 Å². The van der Waals surface area contributed by atoms with Crippen molar-refractivity contribution in [3.05, 3.63) is 30.6 Å². The molecule has 1 saturated heterocycles. The molecule has 0 radical (unpaired) electrons. The molecule has 3 rings (SSSR count). The number of fused-ring (bicyclic) bond motifs is 1. The van der Waals surface area contributed by atoms with Gasteiger partial charge in [-0.1, -0.05) is 0 Å². The van der Waals surface area contributed by atoms with Crippen LogP contribution in [0.5, 0.6) is 0 Å². The van der Waals surface area contributed by atoms with Crippen LogP contribution in [0.2, 0.25) is 0 Å². The Bertz CT molecular complexity index is 795. The minimum Gasteiger partial charge on any atom is -0.444 e. The van der Waals surface area contributed by atoms with E-state index in [0.717, 1.165) is 17.3 Å². The van der Waals surface area contributed by atoms with Crippen LogP contribution in [0.1, 0.15) is 33.6 Å². The molecule has 0 bridgehead atoms. The molecule has 3 heterocycles. The largest absolute Gasteiger partial charge is 0.444 e. The molecule has 7 nitrogen and oxygen atoms in total. The lowest BCUT2D eigenvalue weighted by atomic mass is 10.2. The van der Waals surface area contributed by atoms with Gasteiger partial charge in [0.05, 0.1) is 5.52 Å². The Morgan fingerprint density at radius 3 is 2.80 bits per heavy atom. The Kier molecular flexibility index (Phi) is 4.57. The molecule has 1 N–H and O–H groups in total. The SMILES string of the molecule is CC(C)(C)OC(=O)N1CCC[C@H]1C(=O)Nc1nccc2ncccc12. The van der Waals surface area contributed by atoms with E-state index in [-0.39, 0.29) is 5.91 Å². The molecule has 1 fully saturated rings. The quantitative estimate of drug-likeness (QED) is 0.907. The van der Waals surface area contributed by atoms with E-state index < -0.39 is 17.7 Å². The number of aromatic nitrogens is 2. The van der Waals surface area contributed by atoms with E-state index >= 15 is 0 Å². The molecule has 0 saturated carbocycles. The summed E-state index contributed by atoms with van der Waals surface area (Å²) in [6, 6.07) is 4.88. The third-order valence-corrected chi connectivity index (χ3v) is 3.95. The van der Waals surface area contributed by atoms with Gasteiger partial charge < -0.3 is 10.1 Å². The van der Waals surface area contributed by atoms with Gasteiger partial charge in [0.2, 0.25) is 5.91 Å². The van der Waals surface area contributed by atoms with Gasteiger partial charge in [-0.15, -0.1) is 0 Å². The fourth-order valence-corrected chi connectivity index (χ4v) is 2.88. The predicted octanol–water partition coefficient (Wildman–Crippen LogP) is 2.97. The topological polar surface area (TPSA) is 84.4 Å². The van der Waals surface area contributed by atoms with Crippen LogP contribution in [-0.4, -0.2) is 45.1 Å². The number of carbonyl (C=O) groups is 2. The first kappa shape index (κ1) is 17.1. The van der Waals surface area contributed by atoms with Gasteiger partial charge >= 0.3 is 6.09 Å². The average molecular weight is 342 g/mol. The first-order valence-corrected chi connectivity index (χ1v) is 8.35. The summed E-state index contributed by atoms with van der Waals surface area (Å²) in [6.07, 6.45) is 4.20. The van der Waals surface area contributed by atoms with Gasteiger partial charge in [-0.25, -0.2) is 9.78 Å². The molecule has 7 heteroatoms. The fourth-order valence-electron chi connectivity index (χ4n) is 2.88. The summed E-state index contributed by atoms with van der Waals surface area (Å²) < 4.78 is 5.40. The molecule has 2 aromatic heterocycles. The number of hydrogen-bond donors (Lipinski definition) is 1. The molecule has 25 heavy (non-hydrogen) atoms. The third-order valence-electron chi connectivity index (χ3n) is 3.95. The minimum absolute atomic E-state index is 0.257. The summed E-state index contributed by atoms with van der Waals surface area (Å²) in [7, 11) is 0. The monoisotopic (exact) mass is 342 g/mol. The standard InChI is InChI=1S/C18H22N4O3/c1-18(2,3)25-17(24)22-11-5-7-14(22)16(23)21-15-12-6-4-9-19-13(12)8-10-20-15/h4,6,8-10,14H,5,7,11H2,1-3H3,(H,20,21,23)/t14-/m0/s1. The second-order valence-corrected chi connectivity index (χ2v) is 7.05. The van der Waals surface area contributed by atoms with Crippen molar-refractivity contribution in [1.82, 2.24) is 14.9 Å². The van der Waals surface area contributed by atoms with E-state index in [0.29, 0.717) is 18.8 Å². The van der Waals surface area contributed by atoms with Crippen LogP contribution in [0.4, 0.5) is 10.6 Å². The number of pyridine rings is 2. The number of nitrogens with one attached hydrogen (secondary N) is 1. The number of nitrogens with zero attached hydrogens (tertiary/aromatic N) is 3. The van der Waals surface area contributed by atoms with Gasteiger partial charge in [0.1, 0.15) is 17.5 Å². The summed E-state index contributed by atoms with van der Waals surface area (Å²) in [4.78, 5) is 35.0. The van der Waals surface area contributed by atoms with Gasteiger partial charge in [-0.3, -0.25) is 14.7 Å². The molecule has 0 spiro atoms. The van der Waals surface area contributed by atoms with E-state index in [1.165, 1.54) is 4.90 Å². The number of rotatable bonds is 2. The summed E-state index contributed by atoms with van der Waals surface area (Å²) in [5.74, 6) is 0.193. The third kappa shape index (κ3) is 3.87. The number of carbonyl (C=O) groups excluding carboxylic acids is 2. The highest BCUT2D eigenvalue weighted by Crippen LogP contribution is 2.24. The lowest BCUT2D eigenvalue weighted by Crippen LogP contribution is -2.45. The van der Waals surface area contributed by atoms with Gasteiger partial charge in [-0.2, -0.15) is 0 Å². The van der Waals surface area contributed by atoms with Crippen LogP contribution in [-0.2, 0) is 9.53 Å². The summed E-state index contributed by atoms with van der Waals surface area (Å²) >= 11 is 0. The first-order valence-electron chi connectivity index (χ1n) is 8.35. The summed E-state index contributed by atoms with van der Waals surface area (Å²) in [5.41, 5.74) is 0.159. The molecule has 2 amide bonds. The van der Waals surface area contributed by atoms with E-state index in [9.17, 15) is 9.59 Å². The lowest BCUT2D eigenvalue weighted by molar-refractivity contribution is -0.120. The molecule has 2 aromatic rings. The predicted molar refractivity (Wildman–Crippen MR) is 94.1 cm³/mol. The maximum Gasteiger partial charge on any atom is 0.410 e. The zero-order valence-corrected chi connectivity index (χ0v) is 14.7. The number of likely N-dealkylation sites (tertiary alicyclic amines) is 1. The Hall–Kier alpha value is -2.70. The zero-order valence-electron chi connectivity index (χ0n) is 14.7. The van der Waals surface area contributed by atoms with Crippen LogP contribution < -0.4 is 5.32 Å². The normalized spacial score (nSPS) is 17.6. The average Bonchev–Trinajstić information content (AvgIpc) is 3.03. The van der Waals surface area contributed by atoms with Gasteiger partial charge in [-0.05, 0) is 51.8 Å². The lowest BCUT2D eigenvalue weighted by Gasteiger charge is -2.28. The van der Waals surface area contributed by atoms with Crippen LogP contribution in [0, 0.1) is 0 Å². The maximum absolute atomic E-state index is 12.7. The second-order valence-electron chi connectivity index (χ2n) is 7.05. The van der Waals surface area contributed by atoms with Crippen LogP contribution in [0.15, 0.2) is 30.6 Å². The molecule has 132 valence electrons. The zero-order chi connectivity index (χ0) is 18.0. The van der Waals surface area contributed by atoms with E-state index in [1.54, 1.807) is 24.5 Å². The molecule has 0 aliphatic carbocycles. The molecular weight excluding hydrogens is 320 g/mol. The van der Waals surface area contributed by atoms with Crippen molar-refractivity contribution < 1.29 is 14.3 Å².